The van der Waals surface area contributed by atoms with Crippen LogP contribution in [0.5, 0.6) is 0 Å². The summed E-state index contributed by atoms with van der Waals surface area (Å²) in [7, 11) is 0. The van der Waals surface area contributed by atoms with Crippen LogP contribution in [-0.2, 0) is 28.6 Å². The number of carbonyl (C=O) groups excluding carboxylic acids is 3. The van der Waals surface area contributed by atoms with E-state index in [1.54, 1.807) is 0 Å². The number of allylic oxidation sites excluding steroid dienone is 12. The van der Waals surface area contributed by atoms with E-state index in [-0.39, 0.29) is 37.5 Å². The lowest BCUT2D eigenvalue weighted by atomic mass is 10.1. The zero-order valence-electron chi connectivity index (χ0n) is 34.3. The zero-order chi connectivity index (χ0) is 38.7. The third-order valence-electron chi connectivity index (χ3n) is 8.82. The number of ether oxygens (including phenoxy) is 3. The maximum Gasteiger partial charge on any atom is 0.306 e. The molecule has 0 radical (unpaired) electrons. The Morgan fingerprint density at radius 3 is 1.23 bits per heavy atom. The highest BCUT2D eigenvalue weighted by Gasteiger charge is 2.19. The normalized spacial score (nSPS) is 12.7. The molecule has 0 aliphatic carbocycles. The average Bonchev–Trinajstić information content (AvgIpc) is 3.15. The molecule has 6 heteroatoms. The van der Waals surface area contributed by atoms with Crippen molar-refractivity contribution in [3.05, 3.63) is 72.9 Å². The predicted molar refractivity (Wildman–Crippen MR) is 224 cm³/mol. The fourth-order valence-corrected chi connectivity index (χ4v) is 5.54. The molecule has 0 bridgehead atoms. The van der Waals surface area contributed by atoms with Gasteiger partial charge >= 0.3 is 17.9 Å². The van der Waals surface area contributed by atoms with Gasteiger partial charge in [-0.05, 0) is 57.8 Å². The van der Waals surface area contributed by atoms with E-state index in [1.165, 1.54) is 64.2 Å². The van der Waals surface area contributed by atoms with Gasteiger partial charge in [0, 0.05) is 19.3 Å². The van der Waals surface area contributed by atoms with Crippen LogP contribution in [0.25, 0.3) is 0 Å². The molecule has 1 atom stereocenters. The molecule has 6 nitrogen and oxygen atoms in total. The van der Waals surface area contributed by atoms with E-state index >= 15 is 0 Å². The monoisotopic (exact) mass is 739 g/mol. The van der Waals surface area contributed by atoms with Crippen LogP contribution in [0.15, 0.2) is 72.9 Å². The second-order valence-corrected chi connectivity index (χ2v) is 14.0. The average molecular weight is 739 g/mol. The van der Waals surface area contributed by atoms with Crippen LogP contribution >= 0.6 is 0 Å². The molecule has 0 heterocycles. The van der Waals surface area contributed by atoms with E-state index < -0.39 is 6.10 Å². The van der Waals surface area contributed by atoms with Crippen LogP contribution in [0, 0.1) is 0 Å². The fourth-order valence-electron chi connectivity index (χ4n) is 5.54. The van der Waals surface area contributed by atoms with Gasteiger partial charge in [-0.2, -0.15) is 0 Å². The number of esters is 3. The third-order valence-corrected chi connectivity index (χ3v) is 8.82. The molecular weight excluding hydrogens is 661 g/mol. The van der Waals surface area contributed by atoms with E-state index in [9.17, 15) is 14.4 Å². The van der Waals surface area contributed by atoms with E-state index in [0.29, 0.717) is 12.8 Å². The number of unbranched alkanes of at least 4 members (excludes halogenated alkanes) is 18. The van der Waals surface area contributed by atoms with Gasteiger partial charge in [0.2, 0.25) is 0 Å². The Kier molecular flexibility index (Phi) is 39.1. The maximum atomic E-state index is 12.7. The quantitative estimate of drug-likeness (QED) is 0.0273. The van der Waals surface area contributed by atoms with Crippen molar-refractivity contribution in [3.63, 3.8) is 0 Å². The summed E-state index contributed by atoms with van der Waals surface area (Å²) >= 11 is 0. The molecule has 0 rings (SSSR count). The Morgan fingerprint density at radius 2 is 0.755 bits per heavy atom. The fraction of sp³-hybridized carbons (Fsp3) is 0.681. The summed E-state index contributed by atoms with van der Waals surface area (Å²) in [4.78, 5) is 37.6. The Labute approximate surface area is 325 Å². The maximum absolute atomic E-state index is 12.7. The van der Waals surface area contributed by atoms with Crippen molar-refractivity contribution >= 4 is 17.9 Å². The molecule has 0 amide bonds. The first-order valence-electron chi connectivity index (χ1n) is 21.5. The van der Waals surface area contributed by atoms with Gasteiger partial charge in [0.25, 0.3) is 0 Å². The lowest BCUT2D eigenvalue weighted by Gasteiger charge is -2.18. The highest BCUT2D eigenvalue weighted by atomic mass is 16.6. The molecule has 0 aromatic heterocycles. The summed E-state index contributed by atoms with van der Waals surface area (Å²) in [6.07, 6.45) is 50.3. The van der Waals surface area contributed by atoms with Crippen molar-refractivity contribution in [1.29, 1.82) is 0 Å². The molecule has 302 valence electrons. The van der Waals surface area contributed by atoms with E-state index in [1.807, 2.05) is 36.5 Å². The topological polar surface area (TPSA) is 78.9 Å². The molecule has 0 saturated heterocycles. The number of carbonyl (C=O) groups is 3. The summed E-state index contributed by atoms with van der Waals surface area (Å²) in [5.41, 5.74) is 0. The molecule has 53 heavy (non-hydrogen) atoms. The number of rotatable bonds is 37. The van der Waals surface area contributed by atoms with Gasteiger partial charge in [0.15, 0.2) is 6.10 Å². The van der Waals surface area contributed by atoms with Crippen molar-refractivity contribution < 1.29 is 28.6 Å². The Morgan fingerprint density at radius 1 is 0.396 bits per heavy atom. The minimum absolute atomic E-state index is 0.0987. The zero-order valence-corrected chi connectivity index (χ0v) is 34.3. The van der Waals surface area contributed by atoms with Crippen LogP contribution < -0.4 is 0 Å². The van der Waals surface area contributed by atoms with Gasteiger partial charge < -0.3 is 14.2 Å². The Hall–Kier alpha value is -3.15. The SMILES string of the molecule is CC\C=C/C=C\C=C/C=C\CCCCCC(=O)OCC(COC(=O)CCCCCCCCCCCCC)OC(=O)CCCCC/C=C\C=C/CCCC. The highest BCUT2D eigenvalue weighted by molar-refractivity contribution is 5.71. The number of hydrogen-bond donors (Lipinski definition) is 0. The molecule has 0 aliphatic rings. The summed E-state index contributed by atoms with van der Waals surface area (Å²) in [6, 6.07) is 0. The molecule has 0 aromatic carbocycles. The van der Waals surface area contributed by atoms with E-state index in [4.69, 9.17) is 14.2 Å². The van der Waals surface area contributed by atoms with E-state index in [0.717, 1.165) is 83.5 Å². The Bertz CT molecular complexity index is 1030. The first kappa shape index (κ1) is 49.9. The van der Waals surface area contributed by atoms with Crippen molar-refractivity contribution in [2.75, 3.05) is 13.2 Å². The van der Waals surface area contributed by atoms with Crippen LogP contribution in [0.2, 0.25) is 0 Å². The van der Waals surface area contributed by atoms with Crippen molar-refractivity contribution in [2.45, 2.75) is 194 Å². The van der Waals surface area contributed by atoms with Crippen molar-refractivity contribution in [3.8, 4) is 0 Å². The molecule has 0 N–H and O–H groups in total. The van der Waals surface area contributed by atoms with Crippen LogP contribution in [0.1, 0.15) is 188 Å². The van der Waals surface area contributed by atoms with Crippen molar-refractivity contribution in [1.82, 2.24) is 0 Å². The van der Waals surface area contributed by atoms with E-state index in [2.05, 4.69) is 57.2 Å². The van der Waals surface area contributed by atoms with Gasteiger partial charge in [-0.15, -0.1) is 0 Å². The first-order chi connectivity index (χ1) is 26.0. The first-order valence-corrected chi connectivity index (χ1v) is 21.5. The summed E-state index contributed by atoms with van der Waals surface area (Å²) in [5, 5.41) is 0. The van der Waals surface area contributed by atoms with Gasteiger partial charge in [-0.3, -0.25) is 14.4 Å². The van der Waals surface area contributed by atoms with Crippen LogP contribution in [-0.4, -0.2) is 37.2 Å². The lowest BCUT2D eigenvalue weighted by molar-refractivity contribution is -0.167. The second-order valence-electron chi connectivity index (χ2n) is 14.0. The third kappa shape index (κ3) is 39.9. The van der Waals surface area contributed by atoms with Crippen LogP contribution in [0.3, 0.4) is 0 Å². The van der Waals surface area contributed by atoms with Gasteiger partial charge in [0.1, 0.15) is 13.2 Å². The van der Waals surface area contributed by atoms with Crippen LogP contribution in [0.4, 0.5) is 0 Å². The molecule has 0 aromatic rings. The molecule has 0 spiro atoms. The largest absolute Gasteiger partial charge is 0.462 e. The molecule has 0 fully saturated rings. The standard InChI is InChI=1S/C47H78O6/c1-4-7-10-13-16-19-22-23-26-28-31-34-37-40-46(49)52-43-44(53-47(50)41-38-35-32-29-25-21-18-15-12-9-6-3)42-51-45(48)39-36-33-30-27-24-20-17-14-11-8-5-2/h7,10,13,15-16,18-19,21-23,25-26,44H,4-6,8-9,11-12,14,17,20,24,27-43H2,1-3H3/b10-7-,16-13-,18-15-,22-19-,25-21-,26-23-. The highest BCUT2D eigenvalue weighted by Crippen LogP contribution is 2.13. The molecule has 0 aliphatic heterocycles. The predicted octanol–water partition coefficient (Wildman–Crippen LogP) is 13.5. The Balaban J connectivity index is 4.50. The lowest BCUT2D eigenvalue weighted by Crippen LogP contribution is -2.30. The molecule has 0 saturated carbocycles. The second kappa shape index (κ2) is 41.6. The summed E-state index contributed by atoms with van der Waals surface area (Å²) < 4.78 is 16.6. The number of hydrogen-bond acceptors (Lipinski definition) is 6. The molecular formula is C47H78O6. The van der Waals surface area contributed by atoms with Gasteiger partial charge in [-0.25, -0.2) is 0 Å². The van der Waals surface area contributed by atoms with Crippen molar-refractivity contribution in [2.24, 2.45) is 0 Å². The van der Waals surface area contributed by atoms with Gasteiger partial charge in [0.05, 0.1) is 0 Å². The molecule has 1 unspecified atom stereocenters. The summed E-state index contributed by atoms with van der Waals surface area (Å²) in [6.45, 7) is 6.35. The summed E-state index contributed by atoms with van der Waals surface area (Å²) in [5.74, 6) is -0.977. The minimum atomic E-state index is -0.800. The minimum Gasteiger partial charge on any atom is -0.462 e. The smallest absolute Gasteiger partial charge is 0.306 e. The van der Waals surface area contributed by atoms with Gasteiger partial charge in [-0.1, -0.05) is 184 Å².